The minimum Gasteiger partial charge on any atom is -0.497 e. The summed E-state index contributed by atoms with van der Waals surface area (Å²) in [5, 5.41) is 4.09. The van der Waals surface area contributed by atoms with Crippen molar-refractivity contribution in [1.29, 1.82) is 0 Å². The molecule has 0 bridgehead atoms. The minimum atomic E-state index is -0.223. The van der Waals surface area contributed by atoms with Crippen molar-refractivity contribution in [3.8, 4) is 22.9 Å². The molecule has 0 saturated carbocycles. The van der Waals surface area contributed by atoms with Crippen LogP contribution in [0.2, 0.25) is 0 Å². The molecule has 2 aromatic heterocycles. The van der Waals surface area contributed by atoms with Gasteiger partial charge < -0.3 is 29.0 Å². The molecule has 1 fully saturated rings. The van der Waals surface area contributed by atoms with Gasteiger partial charge in [-0.05, 0) is 60.7 Å². The number of hydrogen-bond acceptors (Lipinski definition) is 5. The predicted octanol–water partition coefficient (Wildman–Crippen LogP) is 5.08. The molecule has 1 aliphatic heterocycles. The van der Waals surface area contributed by atoms with Crippen LogP contribution in [0.25, 0.3) is 5.69 Å². The number of nitrogens with one attached hydrogen (secondary N) is 1. The smallest absolute Gasteiger partial charge is 0.174 e. The van der Waals surface area contributed by atoms with Gasteiger partial charge in [-0.3, -0.25) is 4.98 Å². The molecule has 0 unspecified atom stereocenters. The quantitative estimate of drug-likeness (QED) is 0.366. The summed E-state index contributed by atoms with van der Waals surface area (Å²) in [5.41, 5.74) is 3.69. The lowest BCUT2D eigenvalue weighted by molar-refractivity contribution is 0.394. The monoisotopic (exact) mass is 486 g/mol. The summed E-state index contributed by atoms with van der Waals surface area (Å²) in [6, 6.07) is 23.3. The molecule has 178 valence electrons. The van der Waals surface area contributed by atoms with E-state index in [4.69, 9.17) is 26.4 Å². The average molecular weight is 487 g/mol. The number of thiocarbonyl (C=S) groups is 1. The summed E-state index contributed by atoms with van der Waals surface area (Å²) in [7, 11) is 4.96. The van der Waals surface area contributed by atoms with E-state index in [1.54, 1.807) is 27.5 Å². The van der Waals surface area contributed by atoms with Gasteiger partial charge >= 0.3 is 0 Å². The average Bonchev–Trinajstić information content (AvgIpc) is 3.52. The first kappa shape index (κ1) is 22.7. The van der Waals surface area contributed by atoms with Gasteiger partial charge in [-0.15, -0.1) is 0 Å². The molecule has 5 rings (SSSR count). The summed E-state index contributed by atoms with van der Waals surface area (Å²) in [6.45, 7) is 0. The zero-order valence-electron chi connectivity index (χ0n) is 19.7. The van der Waals surface area contributed by atoms with E-state index in [0.717, 1.165) is 28.5 Å². The highest BCUT2D eigenvalue weighted by Gasteiger charge is 2.43. The fraction of sp³-hybridized carbons (Fsp3) is 0.185. The molecule has 0 amide bonds. The van der Waals surface area contributed by atoms with Gasteiger partial charge in [-0.1, -0.05) is 18.2 Å². The molecule has 0 radical (unpaired) electrons. The first-order chi connectivity index (χ1) is 17.2. The third kappa shape index (κ3) is 4.06. The number of para-hydroxylation sites is 2. The Hall–Kier alpha value is -4.04. The van der Waals surface area contributed by atoms with Gasteiger partial charge in [-0.2, -0.15) is 0 Å². The van der Waals surface area contributed by atoms with E-state index in [2.05, 4.69) is 25.8 Å². The second-order valence-electron chi connectivity index (χ2n) is 8.01. The molecule has 0 aliphatic carbocycles. The molecular formula is C27H26N4O3S. The topological polar surface area (TPSA) is 60.8 Å². The van der Waals surface area contributed by atoms with Crippen LogP contribution in [-0.2, 0) is 0 Å². The van der Waals surface area contributed by atoms with Gasteiger partial charge in [-0.25, -0.2) is 0 Å². The Bertz CT molecular complexity index is 1340. The highest BCUT2D eigenvalue weighted by Crippen LogP contribution is 2.46. The highest BCUT2D eigenvalue weighted by atomic mass is 32.1. The number of pyridine rings is 1. The van der Waals surface area contributed by atoms with Gasteiger partial charge in [0.2, 0.25) is 0 Å². The van der Waals surface area contributed by atoms with Crippen LogP contribution in [0.5, 0.6) is 17.2 Å². The molecule has 0 spiro atoms. The Morgan fingerprint density at radius 3 is 2.37 bits per heavy atom. The van der Waals surface area contributed by atoms with E-state index < -0.39 is 0 Å². The molecule has 8 heteroatoms. The van der Waals surface area contributed by atoms with E-state index in [1.807, 2.05) is 72.9 Å². The van der Waals surface area contributed by atoms with Gasteiger partial charge in [0.15, 0.2) is 5.11 Å². The van der Waals surface area contributed by atoms with E-state index in [-0.39, 0.29) is 12.1 Å². The van der Waals surface area contributed by atoms with E-state index in [1.165, 1.54) is 0 Å². The maximum Gasteiger partial charge on any atom is 0.174 e. The molecule has 1 aliphatic rings. The molecule has 7 nitrogen and oxygen atoms in total. The van der Waals surface area contributed by atoms with Crippen LogP contribution in [0.4, 0.5) is 5.69 Å². The molecule has 35 heavy (non-hydrogen) atoms. The maximum absolute atomic E-state index is 5.89. The molecule has 1 N–H and O–H groups in total. The predicted molar refractivity (Wildman–Crippen MR) is 140 cm³/mol. The van der Waals surface area contributed by atoms with Crippen LogP contribution in [-0.4, -0.2) is 36.0 Å². The van der Waals surface area contributed by atoms with Crippen LogP contribution in [0, 0.1) is 0 Å². The zero-order valence-corrected chi connectivity index (χ0v) is 20.5. The van der Waals surface area contributed by atoms with E-state index in [9.17, 15) is 0 Å². The number of methoxy groups -OCH3 is 3. The Morgan fingerprint density at radius 1 is 0.829 bits per heavy atom. The molecular weight excluding hydrogens is 460 g/mol. The van der Waals surface area contributed by atoms with Crippen molar-refractivity contribution in [3.05, 3.63) is 96.6 Å². The van der Waals surface area contributed by atoms with Gasteiger partial charge in [0.1, 0.15) is 23.3 Å². The zero-order chi connectivity index (χ0) is 24.4. The van der Waals surface area contributed by atoms with Crippen molar-refractivity contribution in [2.24, 2.45) is 0 Å². The number of benzene rings is 2. The minimum absolute atomic E-state index is 0.195. The van der Waals surface area contributed by atoms with Crippen LogP contribution >= 0.6 is 12.2 Å². The van der Waals surface area contributed by atoms with E-state index >= 15 is 0 Å². The second kappa shape index (κ2) is 9.68. The SMILES string of the molecule is COc1ccc(N2C(=S)N[C@@H](c3ccccn3)[C@@H]2c2cccn2-c2ccccc2OC)c(OC)c1. The highest BCUT2D eigenvalue weighted by molar-refractivity contribution is 7.80. The third-order valence-electron chi connectivity index (χ3n) is 6.17. The van der Waals surface area contributed by atoms with Gasteiger partial charge in [0.25, 0.3) is 0 Å². The Kier molecular flexibility index (Phi) is 6.29. The second-order valence-corrected chi connectivity index (χ2v) is 8.40. The van der Waals surface area contributed by atoms with Gasteiger partial charge in [0, 0.05) is 24.2 Å². The number of hydrogen-bond donors (Lipinski definition) is 1. The van der Waals surface area contributed by atoms with Crippen molar-refractivity contribution < 1.29 is 14.2 Å². The maximum atomic E-state index is 5.89. The number of ether oxygens (including phenoxy) is 3. The first-order valence-electron chi connectivity index (χ1n) is 11.2. The Labute approximate surface area is 209 Å². The summed E-state index contributed by atoms with van der Waals surface area (Å²) in [6.07, 6.45) is 3.83. The summed E-state index contributed by atoms with van der Waals surface area (Å²) in [5.74, 6) is 2.15. The molecule has 4 aromatic rings. The lowest BCUT2D eigenvalue weighted by atomic mass is 10.0. The fourth-order valence-electron chi connectivity index (χ4n) is 4.58. The number of aromatic nitrogens is 2. The summed E-state index contributed by atoms with van der Waals surface area (Å²) >= 11 is 5.89. The summed E-state index contributed by atoms with van der Waals surface area (Å²) in [4.78, 5) is 6.75. The largest absolute Gasteiger partial charge is 0.497 e. The van der Waals surface area contributed by atoms with Crippen LogP contribution in [0.1, 0.15) is 23.5 Å². The van der Waals surface area contributed by atoms with Crippen LogP contribution in [0.15, 0.2) is 85.2 Å². The van der Waals surface area contributed by atoms with Gasteiger partial charge in [0.05, 0.1) is 44.4 Å². The molecule has 2 aromatic carbocycles. The lowest BCUT2D eigenvalue weighted by Crippen LogP contribution is -2.30. The fourth-order valence-corrected chi connectivity index (χ4v) is 4.92. The van der Waals surface area contributed by atoms with Crippen molar-refractivity contribution >= 4 is 23.0 Å². The number of nitrogens with zero attached hydrogens (tertiary/aromatic N) is 3. The Morgan fingerprint density at radius 2 is 1.63 bits per heavy atom. The molecule has 3 heterocycles. The van der Waals surface area contributed by atoms with Crippen LogP contribution < -0.4 is 24.4 Å². The van der Waals surface area contributed by atoms with Crippen molar-refractivity contribution in [1.82, 2.24) is 14.9 Å². The van der Waals surface area contributed by atoms with Crippen molar-refractivity contribution in [2.45, 2.75) is 12.1 Å². The van der Waals surface area contributed by atoms with Crippen molar-refractivity contribution in [2.75, 3.05) is 26.2 Å². The summed E-state index contributed by atoms with van der Waals surface area (Å²) < 4.78 is 19.0. The number of rotatable bonds is 7. The number of anilines is 1. The van der Waals surface area contributed by atoms with E-state index in [0.29, 0.717) is 16.6 Å². The normalized spacial score (nSPS) is 17.2. The Balaban J connectivity index is 1.70. The van der Waals surface area contributed by atoms with Crippen LogP contribution in [0.3, 0.4) is 0 Å². The first-order valence-corrected chi connectivity index (χ1v) is 11.6. The van der Waals surface area contributed by atoms with Crippen molar-refractivity contribution in [3.63, 3.8) is 0 Å². The third-order valence-corrected chi connectivity index (χ3v) is 6.49. The standard InChI is InChI=1S/C27H26N4O3S/c1-32-18-13-14-21(24(17-18)34-3)31-26(25(29-27(31)35)19-9-6-7-15-28-19)22-11-8-16-30(22)20-10-4-5-12-23(20)33-2/h4-17,25-26H,1-3H3,(H,29,35)/t25-,26-/m0/s1. The molecule has 2 atom stereocenters. The lowest BCUT2D eigenvalue weighted by Gasteiger charge is -2.30. The molecule has 1 saturated heterocycles.